The monoisotopic (exact) mass is 310 g/mol. The van der Waals surface area contributed by atoms with Crippen LogP contribution in [-0.2, 0) is 12.6 Å². The van der Waals surface area contributed by atoms with E-state index in [9.17, 15) is 13.2 Å². The number of halogens is 3. The number of fused-ring (bicyclic) bond motifs is 1. The van der Waals surface area contributed by atoms with Gasteiger partial charge < -0.3 is 15.2 Å². The lowest BCUT2D eigenvalue weighted by Gasteiger charge is -2.24. The number of aromatic nitrogens is 1. The normalized spacial score (nSPS) is 17.5. The Morgan fingerprint density at radius 2 is 2.05 bits per heavy atom. The third-order valence-electron chi connectivity index (χ3n) is 3.24. The fraction of sp³-hybridized carbons (Fsp3) is 0.267. The molecule has 0 saturated carbocycles. The molecule has 0 aliphatic carbocycles. The van der Waals surface area contributed by atoms with E-state index in [0.717, 1.165) is 17.8 Å². The van der Waals surface area contributed by atoms with E-state index in [1.165, 1.54) is 6.07 Å². The molecule has 0 saturated heterocycles. The summed E-state index contributed by atoms with van der Waals surface area (Å²) in [5, 5.41) is 0. The average Bonchev–Trinajstić information content (AvgIpc) is 2.47. The molecule has 1 aliphatic heterocycles. The molecule has 0 radical (unpaired) electrons. The number of ether oxygens (including phenoxy) is 2. The van der Waals surface area contributed by atoms with Crippen molar-refractivity contribution in [2.24, 2.45) is 5.73 Å². The van der Waals surface area contributed by atoms with Crippen molar-refractivity contribution >= 4 is 0 Å². The van der Waals surface area contributed by atoms with Crippen molar-refractivity contribution in [2.75, 3.05) is 6.61 Å². The second-order valence-electron chi connectivity index (χ2n) is 5.00. The fourth-order valence-corrected chi connectivity index (χ4v) is 2.23. The third kappa shape index (κ3) is 2.99. The Morgan fingerprint density at radius 1 is 1.23 bits per heavy atom. The molecular formula is C15H13F3N2O2. The number of nitrogens with zero attached hydrogens (tertiary/aromatic N) is 1. The molecule has 1 atom stereocenters. The predicted octanol–water partition coefficient (Wildman–Crippen LogP) is 3.15. The number of pyridine rings is 1. The van der Waals surface area contributed by atoms with E-state index in [-0.39, 0.29) is 11.8 Å². The maximum Gasteiger partial charge on any atom is 0.433 e. The van der Waals surface area contributed by atoms with Gasteiger partial charge in [0.15, 0.2) is 11.5 Å². The zero-order valence-corrected chi connectivity index (χ0v) is 11.4. The molecule has 0 amide bonds. The summed E-state index contributed by atoms with van der Waals surface area (Å²) < 4.78 is 48.6. The van der Waals surface area contributed by atoms with Gasteiger partial charge in [-0.2, -0.15) is 13.2 Å². The molecule has 2 heterocycles. The van der Waals surface area contributed by atoms with Crippen LogP contribution in [-0.4, -0.2) is 17.6 Å². The lowest BCUT2D eigenvalue weighted by Crippen LogP contribution is -2.33. The van der Waals surface area contributed by atoms with Gasteiger partial charge in [0, 0.05) is 6.04 Å². The third-order valence-corrected chi connectivity index (χ3v) is 3.24. The van der Waals surface area contributed by atoms with E-state index in [0.29, 0.717) is 24.5 Å². The molecule has 116 valence electrons. The molecule has 0 spiro atoms. The minimum Gasteiger partial charge on any atom is -0.488 e. The molecule has 1 aliphatic rings. The van der Waals surface area contributed by atoms with Gasteiger partial charge in [0.05, 0.1) is 6.20 Å². The molecule has 22 heavy (non-hydrogen) atoms. The van der Waals surface area contributed by atoms with E-state index < -0.39 is 11.9 Å². The van der Waals surface area contributed by atoms with E-state index in [1.807, 2.05) is 6.07 Å². The van der Waals surface area contributed by atoms with Crippen LogP contribution in [0.15, 0.2) is 36.5 Å². The van der Waals surface area contributed by atoms with Gasteiger partial charge in [0.2, 0.25) is 0 Å². The van der Waals surface area contributed by atoms with Crippen LogP contribution in [0.3, 0.4) is 0 Å². The van der Waals surface area contributed by atoms with Crippen LogP contribution < -0.4 is 15.2 Å². The lowest BCUT2D eigenvalue weighted by molar-refractivity contribution is -0.141. The molecule has 1 aromatic heterocycles. The number of hydrogen-bond acceptors (Lipinski definition) is 4. The van der Waals surface area contributed by atoms with Gasteiger partial charge in [-0.05, 0) is 30.2 Å². The zero-order chi connectivity index (χ0) is 15.7. The first-order chi connectivity index (χ1) is 10.4. The van der Waals surface area contributed by atoms with E-state index >= 15 is 0 Å². The zero-order valence-electron chi connectivity index (χ0n) is 11.4. The summed E-state index contributed by atoms with van der Waals surface area (Å²) in [6.45, 7) is 0.374. The van der Waals surface area contributed by atoms with Gasteiger partial charge in [-0.1, -0.05) is 12.1 Å². The lowest BCUT2D eigenvalue weighted by atomic mass is 10.0. The molecule has 1 unspecified atom stereocenters. The van der Waals surface area contributed by atoms with Crippen molar-refractivity contribution in [3.63, 3.8) is 0 Å². The van der Waals surface area contributed by atoms with Gasteiger partial charge in [-0.15, -0.1) is 0 Å². The number of para-hydroxylation sites is 1. The van der Waals surface area contributed by atoms with Crippen molar-refractivity contribution < 1.29 is 22.6 Å². The number of rotatable bonds is 2. The minimum absolute atomic E-state index is 0.0736. The molecule has 7 heteroatoms. The number of hydrogen-bond donors (Lipinski definition) is 1. The highest BCUT2D eigenvalue weighted by molar-refractivity contribution is 5.49. The van der Waals surface area contributed by atoms with Crippen LogP contribution >= 0.6 is 0 Å². The van der Waals surface area contributed by atoms with Gasteiger partial charge in [-0.3, -0.25) is 0 Å². The highest BCUT2D eigenvalue weighted by Crippen LogP contribution is 2.37. The summed E-state index contributed by atoms with van der Waals surface area (Å²) in [4.78, 5) is 3.36. The first-order valence-electron chi connectivity index (χ1n) is 6.65. The van der Waals surface area contributed by atoms with Crippen molar-refractivity contribution in [3.8, 4) is 17.2 Å². The Morgan fingerprint density at radius 3 is 2.73 bits per heavy atom. The number of alkyl halides is 3. The quantitative estimate of drug-likeness (QED) is 0.926. The molecule has 2 N–H and O–H groups in total. The molecule has 0 bridgehead atoms. The summed E-state index contributed by atoms with van der Waals surface area (Å²) >= 11 is 0. The summed E-state index contributed by atoms with van der Waals surface area (Å²) in [6, 6.07) is 7.38. The topological polar surface area (TPSA) is 57.4 Å². The van der Waals surface area contributed by atoms with Crippen LogP contribution in [0.5, 0.6) is 17.2 Å². The van der Waals surface area contributed by atoms with Gasteiger partial charge >= 0.3 is 6.18 Å². The molecule has 4 nitrogen and oxygen atoms in total. The van der Waals surface area contributed by atoms with Crippen LogP contribution in [0.25, 0.3) is 0 Å². The maximum absolute atomic E-state index is 12.5. The van der Waals surface area contributed by atoms with Gasteiger partial charge in [-0.25, -0.2) is 4.98 Å². The van der Waals surface area contributed by atoms with Crippen LogP contribution in [0, 0.1) is 0 Å². The standard InChI is InChI=1S/C15H13F3N2O2/c16-15(17,18)13-5-4-11(7-20-13)22-12-3-1-2-9-6-10(19)8-21-14(9)12/h1-5,7,10H,6,8,19H2. The van der Waals surface area contributed by atoms with Gasteiger partial charge in [0.25, 0.3) is 0 Å². The first kappa shape index (κ1) is 14.6. The Bertz CT molecular complexity index is 671. The second-order valence-corrected chi connectivity index (χ2v) is 5.00. The molecule has 1 aromatic carbocycles. The second kappa shape index (κ2) is 5.49. The first-order valence-corrected chi connectivity index (χ1v) is 6.65. The largest absolute Gasteiger partial charge is 0.488 e. The molecule has 0 fully saturated rings. The number of nitrogens with two attached hydrogens (primary N) is 1. The SMILES string of the molecule is NC1COc2c(cccc2Oc2ccc(C(F)(F)F)nc2)C1. The van der Waals surface area contributed by atoms with Gasteiger partial charge in [0.1, 0.15) is 18.1 Å². The molecular weight excluding hydrogens is 297 g/mol. The van der Waals surface area contributed by atoms with Crippen molar-refractivity contribution in [2.45, 2.75) is 18.6 Å². The highest BCUT2D eigenvalue weighted by atomic mass is 19.4. The number of benzene rings is 1. The van der Waals surface area contributed by atoms with Crippen molar-refractivity contribution in [1.29, 1.82) is 0 Å². The summed E-state index contributed by atoms with van der Waals surface area (Å²) in [6.07, 6.45) is -2.77. The van der Waals surface area contributed by atoms with E-state index in [1.54, 1.807) is 12.1 Å². The minimum atomic E-state index is -4.47. The molecule has 3 rings (SSSR count). The Balaban J connectivity index is 1.83. The van der Waals surface area contributed by atoms with Crippen molar-refractivity contribution in [3.05, 3.63) is 47.8 Å². The fourth-order valence-electron chi connectivity index (χ4n) is 2.23. The Kier molecular flexibility index (Phi) is 3.66. The average molecular weight is 310 g/mol. The predicted molar refractivity (Wildman–Crippen MR) is 72.9 cm³/mol. The summed E-state index contributed by atoms with van der Waals surface area (Å²) in [5.74, 6) is 1.22. The van der Waals surface area contributed by atoms with E-state index in [2.05, 4.69) is 4.98 Å². The Labute approximate surface area is 124 Å². The maximum atomic E-state index is 12.5. The smallest absolute Gasteiger partial charge is 0.433 e. The van der Waals surface area contributed by atoms with Crippen molar-refractivity contribution in [1.82, 2.24) is 4.98 Å². The highest BCUT2D eigenvalue weighted by Gasteiger charge is 2.32. The molecule has 2 aromatic rings. The van der Waals surface area contributed by atoms with Crippen LogP contribution in [0.1, 0.15) is 11.3 Å². The summed E-state index contributed by atoms with van der Waals surface area (Å²) in [7, 11) is 0. The van der Waals surface area contributed by atoms with E-state index in [4.69, 9.17) is 15.2 Å². The Hall–Kier alpha value is -2.28. The van der Waals surface area contributed by atoms with Crippen LogP contribution in [0.4, 0.5) is 13.2 Å². The van der Waals surface area contributed by atoms with Crippen LogP contribution in [0.2, 0.25) is 0 Å². The summed E-state index contributed by atoms with van der Waals surface area (Å²) in [5.41, 5.74) is 5.78.